The smallest absolute Gasteiger partial charge is 0.223 e. The molecule has 0 radical (unpaired) electrons. The Bertz CT molecular complexity index is 968. The van der Waals surface area contributed by atoms with Crippen molar-refractivity contribution >= 4 is 5.91 Å². The molecule has 0 bridgehead atoms. The number of aliphatic hydroxyl groups is 1. The van der Waals surface area contributed by atoms with E-state index in [9.17, 15) is 14.3 Å². The van der Waals surface area contributed by atoms with Crippen molar-refractivity contribution in [3.63, 3.8) is 0 Å². The summed E-state index contributed by atoms with van der Waals surface area (Å²) in [7, 11) is 1.65. The maximum atomic E-state index is 13.4. The molecule has 0 heterocycles. The fraction of sp³-hybridized carbons (Fsp3) is 0.567. The predicted molar refractivity (Wildman–Crippen MR) is 148 cm³/mol. The lowest BCUT2D eigenvalue weighted by atomic mass is 9.87. The molecule has 0 spiro atoms. The number of hydrogen-bond acceptors (Lipinski definition) is 6. The fourth-order valence-corrected chi connectivity index (χ4v) is 4.01. The molecule has 2 rings (SSSR count). The van der Waals surface area contributed by atoms with Crippen LogP contribution in [0.2, 0.25) is 0 Å². The summed E-state index contributed by atoms with van der Waals surface area (Å²) in [5, 5.41) is 13.6. The Balaban J connectivity index is 1.98. The second kappa shape index (κ2) is 16.4. The first-order chi connectivity index (χ1) is 18.1. The third kappa shape index (κ3) is 10.7. The number of carbonyl (C=O) groups is 1. The molecular formula is C30H45FN2O5. The molecule has 0 aliphatic carbocycles. The van der Waals surface area contributed by atoms with E-state index < -0.39 is 12.1 Å². The van der Waals surface area contributed by atoms with Gasteiger partial charge in [0.15, 0.2) is 0 Å². The van der Waals surface area contributed by atoms with Crippen molar-refractivity contribution in [2.45, 2.75) is 59.3 Å². The molecule has 7 nitrogen and oxygen atoms in total. The lowest BCUT2D eigenvalue weighted by Gasteiger charge is -2.26. The van der Waals surface area contributed by atoms with Crippen LogP contribution in [0.3, 0.4) is 0 Å². The lowest BCUT2D eigenvalue weighted by Crippen LogP contribution is -2.44. The van der Waals surface area contributed by atoms with Crippen LogP contribution in [-0.4, -0.2) is 56.6 Å². The molecule has 2 aromatic carbocycles. The second-order valence-corrected chi connectivity index (χ2v) is 10.5. The number of aliphatic hydroxyl groups excluding tert-OH is 1. The molecule has 3 atom stereocenters. The lowest BCUT2D eigenvalue weighted by molar-refractivity contribution is -0.127. The molecule has 0 aliphatic rings. The quantitative estimate of drug-likeness (QED) is 0.258. The van der Waals surface area contributed by atoms with E-state index in [1.54, 1.807) is 19.2 Å². The van der Waals surface area contributed by atoms with Crippen LogP contribution in [-0.2, 0) is 20.9 Å². The zero-order chi connectivity index (χ0) is 28.1. The van der Waals surface area contributed by atoms with Gasteiger partial charge in [-0.25, -0.2) is 4.39 Å². The van der Waals surface area contributed by atoms with E-state index in [0.29, 0.717) is 31.4 Å². The number of ether oxygens (including phenoxy) is 3. The topological polar surface area (TPSA) is 103 Å². The number of amides is 1. The standard InChI is InChI=1S/C30H45FN2O5/c1-20(2)17-33-30(35)26(21(3)4)16-28(34)27(32)19-37-18-22-7-12-25(23-8-10-24(31)11-9-23)29(15-22)38-14-6-13-36-5/h7-12,15,20-21,26-28,34H,6,13-14,16-19,32H2,1-5H3,(H,33,35). The molecule has 8 heteroatoms. The summed E-state index contributed by atoms with van der Waals surface area (Å²) in [6, 6.07) is 11.4. The minimum absolute atomic E-state index is 0.0554. The van der Waals surface area contributed by atoms with Gasteiger partial charge in [0, 0.05) is 38.2 Å². The molecule has 212 valence electrons. The van der Waals surface area contributed by atoms with Crippen molar-refractivity contribution in [1.29, 1.82) is 0 Å². The summed E-state index contributed by atoms with van der Waals surface area (Å²) in [5.41, 5.74) is 8.80. The van der Waals surface area contributed by atoms with Crippen molar-refractivity contribution in [3.05, 3.63) is 53.8 Å². The highest BCUT2D eigenvalue weighted by atomic mass is 19.1. The number of rotatable bonds is 17. The Kier molecular flexibility index (Phi) is 13.7. The number of hydrogen-bond donors (Lipinski definition) is 3. The van der Waals surface area contributed by atoms with Gasteiger partial charge in [0.2, 0.25) is 5.91 Å². The van der Waals surface area contributed by atoms with Gasteiger partial charge in [-0.1, -0.05) is 52.0 Å². The largest absolute Gasteiger partial charge is 0.493 e. The predicted octanol–water partition coefficient (Wildman–Crippen LogP) is 4.55. The molecular weight excluding hydrogens is 487 g/mol. The van der Waals surface area contributed by atoms with E-state index >= 15 is 0 Å². The van der Waals surface area contributed by atoms with E-state index in [-0.39, 0.29) is 43.2 Å². The molecule has 0 saturated heterocycles. The Morgan fingerprint density at radius 1 is 1.08 bits per heavy atom. The molecule has 0 aromatic heterocycles. The van der Waals surface area contributed by atoms with Crippen molar-refractivity contribution in [2.75, 3.05) is 33.5 Å². The van der Waals surface area contributed by atoms with E-state index in [2.05, 4.69) is 5.32 Å². The first-order valence-electron chi connectivity index (χ1n) is 13.4. The monoisotopic (exact) mass is 532 g/mol. The average molecular weight is 533 g/mol. The van der Waals surface area contributed by atoms with Crippen LogP contribution in [0.15, 0.2) is 42.5 Å². The number of methoxy groups -OCH3 is 1. The highest BCUT2D eigenvalue weighted by Crippen LogP contribution is 2.32. The summed E-state index contributed by atoms with van der Waals surface area (Å²) < 4.78 is 30.4. The maximum Gasteiger partial charge on any atom is 0.223 e. The van der Waals surface area contributed by atoms with Crippen molar-refractivity contribution < 1.29 is 28.5 Å². The zero-order valence-corrected chi connectivity index (χ0v) is 23.4. The van der Waals surface area contributed by atoms with Crippen LogP contribution in [0.5, 0.6) is 5.75 Å². The number of nitrogens with one attached hydrogen (secondary N) is 1. The van der Waals surface area contributed by atoms with Gasteiger partial charge in [-0.15, -0.1) is 0 Å². The van der Waals surface area contributed by atoms with Crippen LogP contribution >= 0.6 is 0 Å². The Labute approximate surface area is 226 Å². The van der Waals surface area contributed by atoms with Crippen molar-refractivity contribution in [2.24, 2.45) is 23.5 Å². The highest BCUT2D eigenvalue weighted by molar-refractivity contribution is 5.78. The molecule has 38 heavy (non-hydrogen) atoms. The van der Waals surface area contributed by atoms with Gasteiger partial charge >= 0.3 is 0 Å². The summed E-state index contributed by atoms with van der Waals surface area (Å²) in [6.07, 6.45) is 0.144. The average Bonchev–Trinajstić information content (AvgIpc) is 2.88. The Hall–Kier alpha value is -2.52. The maximum absolute atomic E-state index is 13.4. The normalized spacial score (nSPS) is 13.9. The first kappa shape index (κ1) is 31.7. The van der Waals surface area contributed by atoms with Crippen LogP contribution in [0.1, 0.15) is 46.1 Å². The summed E-state index contributed by atoms with van der Waals surface area (Å²) in [4.78, 5) is 12.6. The van der Waals surface area contributed by atoms with Gasteiger partial charge < -0.3 is 30.4 Å². The Morgan fingerprint density at radius 3 is 2.42 bits per heavy atom. The summed E-state index contributed by atoms with van der Waals surface area (Å²) in [6.45, 7) is 10.1. The second-order valence-electron chi connectivity index (χ2n) is 10.5. The third-order valence-corrected chi connectivity index (χ3v) is 6.35. The molecule has 2 aromatic rings. The van der Waals surface area contributed by atoms with Gasteiger partial charge in [0.1, 0.15) is 11.6 Å². The van der Waals surface area contributed by atoms with E-state index in [4.69, 9.17) is 19.9 Å². The number of benzene rings is 2. The fourth-order valence-electron chi connectivity index (χ4n) is 4.01. The van der Waals surface area contributed by atoms with Gasteiger partial charge in [-0.05, 0) is 47.6 Å². The summed E-state index contributed by atoms with van der Waals surface area (Å²) >= 11 is 0. The highest BCUT2D eigenvalue weighted by Gasteiger charge is 2.28. The van der Waals surface area contributed by atoms with Gasteiger partial charge in [-0.2, -0.15) is 0 Å². The number of halogens is 1. The molecule has 3 unspecified atom stereocenters. The van der Waals surface area contributed by atoms with Crippen LogP contribution in [0.4, 0.5) is 4.39 Å². The van der Waals surface area contributed by atoms with Gasteiger partial charge in [-0.3, -0.25) is 4.79 Å². The number of nitrogens with two attached hydrogens (primary N) is 1. The summed E-state index contributed by atoms with van der Waals surface area (Å²) in [5.74, 6) is 0.424. The minimum atomic E-state index is -0.868. The SMILES string of the molecule is COCCCOc1cc(COCC(N)C(O)CC(C(=O)NCC(C)C)C(C)C)ccc1-c1ccc(F)cc1. The molecule has 1 amide bonds. The third-order valence-electron chi connectivity index (χ3n) is 6.35. The van der Waals surface area contributed by atoms with Gasteiger partial charge in [0.25, 0.3) is 0 Å². The van der Waals surface area contributed by atoms with Crippen molar-refractivity contribution in [1.82, 2.24) is 5.32 Å². The van der Waals surface area contributed by atoms with Crippen LogP contribution in [0.25, 0.3) is 11.1 Å². The zero-order valence-electron chi connectivity index (χ0n) is 23.4. The van der Waals surface area contributed by atoms with Gasteiger partial charge in [0.05, 0.1) is 32.0 Å². The van der Waals surface area contributed by atoms with Crippen LogP contribution < -0.4 is 15.8 Å². The minimum Gasteiger partial charge on any atom is -0.493 e. The molecule has 0 aliphatic heterocycles. The van der Waals surface area contributed by atoms with Crippen LogP contribution in [0, 0.1) is 23.6 Å². The van der Waals surface area contributed by atoms with E-state index in [1.165, 1.54) is 12.1 Å². The molecule has 0 fully saturated rings. The molecule has 0 saturated carbocycles. The first-order valence-corrected chi connectivity index (χ1v) is 13.4. The van der Waals surface area contributed by atoms with E-state index in [1.807, 2.05) is 45.9 Å². The van der Waals surface area contributed by atoms with E-state index in [0.717, 1.165) is 23.1 Å². The Morgan fingerprint density at radius 2 is 1.79 bits per heavy atom. The number of carbonyl (C=O) groups excluding carboxylic acids is 1. The molecule has 4 N–H and O–H groups in total. The van der Waals surface area contributed by atoms with Crippen molar-refractivity contribution in [3.8, 4) is 16.9 Å².